The Labute approximate surface area is 225 Å². The molecular formula is C31H38N2O5. The van der Waals surface area contributed by atoms with E-state index in [4.69, 9.17) is 9.47 Å². The van der Waals surface area contributed by atoms with Crippen LogP contribution in [0.5, 0.6) is 5.75 Å². The van der Waals surface area contributed by atoms with E-state index in [0.717, 1.165) is 24.8 Å². The van der Waals surface area contributed by atoms with E-state index in [2.05, 4.69) is 29.6 Å². The Morgan fingerprint density at radius 3 is 2.08 bits per heavy atom. The number of aryl methyl sites for hydroxylation is 1. The van der Waals surface area contributed by atoms with Gasteiger partial charge >= 0.3 is 12.0 Å². The van der Waals surface area contributed by atoms with E-state index in [1.54, 1.807) is 6.92 Å². The molecule has 0 saturated heterocycles. The first-order chi connectivity index (χ1) is 18.5. The number of carbonyl (C=O) groups excluding carboxylic acids is 1. The summed E-state index contributed by atoms with van der Waals surface area (Å²) in [6, 6.07) is 27.6. The Kier molecular flexibility index (Phi) is 12.2. The fraction of sp³-hybridized carbons (Fsp3) is 0.355. The van der Waals surface area contributed by atoms with Gasteiger partial charge in [0.25, 0.3) is 0 Å². The summed E-state index contributed by atoms with van der Waals surface area (Å²) in [5, 5.41) is 12.3. The van der Waals surface area contributed by atoms with Gasteiger partial charge in [0, 0.05) is 26.1 Å². The highest BCUT2D eigenvalue weighted by atomic mass is 16.5. The van der Waals surface area contributed by atoms with Crippen LogP contribution in [0.15, 0.2) is 84.9 Å². The third kappa shape index (κ3) is 10.3. The van der Waals surface area contributed by atoms with Crippen LogP contribution in [0.1, 0.15) is 30.0 Å². The molecule has 0 aliphatic rings. The van der Waals surface area contributed by atoms with E-state index in [1.165, 1.54) is 11.1 Å². The molecule has 0 radical (unpaired) electrons. The van der Waals surface area contributed by atoms with Gasteiger partial charge in [0.05, 0.1) is 6.54 Å². The zero-order chi connectivity index (χ0) is 27.0. The van der Waals surface area contributed by atoms with Crippen molar-refractivity contribution in [3.8, 4) is 5.75 Å². The number of benzene rings is 3. The average Bonchev–Trinajstić information content (AvgIpc) is 2.94. The maximum absolute atomic E-state index is 13.0. The van der Waals surface area contributed by atoms with Crippen molar-refractivity contribution in [3.05, 3.63) is 102 Å². The van der Waals surface area contributed by atoms with Crippen LogP contribution in [-0.4, -0.2) is 61.0 Å². The van der Waals surface area contributed by atoms with Crippen molar-refractivity contribution in [1.82, 2.24) is 10.2 Å². The highest BCUT2D eigenvalue weighted by molar-refractivity contribution is 5.74. The summed E-state index contributed by atoms with van der Waals surface area (Å²) in [6.45, 7) is 4.13. The van der Waals surface area contributed by atoms with Crippen molar-refractivity contribution in [1.29, 1.82) is 0 Å². The van der Waals surface area contributed by atoms with Crippen molar-refractivity contribution < 1.29 is 24.2 Å². The van der Waals surface area contributed by atoms with E-state index in [9.17, 15) is 14.7 Å². The number of aliphatic carboxylic acids is 1. The van der Waals surface area contributed by atoms with Gasteiger partial charge in [-0.05, 0) is 55.0 Å². The Hall–Kier alpha value is -3.84. The lowest BCUT2D eigenvalue weighted by molar-refractivity contribution is -0.149. The molecular weight excluding hydrogens is 480 g/mol. The van der Waals surface area contributed by atoms with Gasteiger partial charge in [-0.25, -0.2) is 9.59 Å². The molecule has 0 saturated carbocycles. The van der Waals surface area contributed by atoms with Crippen LogP contribution in [0.2, 0.25) is 0 Å². The number of hydrogen-bond donors (Lipinski definition) is 2. The minimum Gasteiger partial charge on any atom is -0.492 e. The monoisotopic (exact) mass is 518 g/mol. The molecule has 2 amide bonds. The topological polar surface area (TPSA) is 88.1 Å². The second-order valence-electron chi connectivity index (χ2n) is 9.02. The van der Waals surface area contributed by atoms with E-state index in [0.29, 0.717) is 45.0 Å². The van der Waals surface area contributed by atoms with Gasteiger partial charge in [0.15, 0.2) is 6.10 Å². The highest BCUT2D eigenvalue weighted by Gasteiger charge is 2.18. The van der Waals surface area contributed by atoms with Crippen molar-refractivity contribution in [2.24, 2.45) is 0 Å². The maximum atomic E-state index is 13.0. The van der Waals surface area contributed by atoms with Gasteiger partial charge in [0.2, 0.25) is 0 Å². The lowest BCUT2D eigenvalue weighted by Crippen LogP contribution is -2.43. The molecule has 0 aliphatic carbocycles. The Morgan fingerprint density at radius 2 is 1.47 bits per heavy atom. The number of carboxylic acids is 1. The summed E-state index contributed by atoms with van der Waals surface area (Å²) in [5.74, 6) is -0.299. The predicted molar refractivity (Wildman–Crippen MR) is 149 cm³/mol. The van der Waals surface area contributed by atoms with Crippen molar-refractivity contribution in [2.45, 2.75) is 38.7 Å². The zero-order valence-corrected chi connectivity index (χ0v) is 22.1. The van der Waals surface area contributed by atoms with E-state index in [1.807, 2.05) is 65.6 Å². The first-order valence-electron chi connectivity index (χ1n) is 13.2. The van der Waals surface area contributed by atoms with Crippen LogP contribution in [0, 0.1) is 0 Å². The van der Waals surface area contributed by atoms with Crippen LogP contribution in [0.4, 0.5) is 4.79 Å². The first-order valence-corrected chi connectivity index (χ1v) is 13.2. The third-order valence-electron chi connectivity index (χ3n) is 6.17. The lowest BCUT2D eigenvalue weighted by Gasteiger charge is -2.23. The maximum Gasteiger partial charge on any atom is 0.333 e. The van der Waals surface area contributed by atoms with Gasteiger partial charge in [-0.3, -0.25) is 0 Å². The molecule has 0 aliphatic heterocycles. The quantitative estimate of drug-likeness (QED) is 0.279. The number of amides is 2. The van der Waals surface area contributed by atoms with Crippen LogP contribution in [-0.2, 0) is 28.8 Å². The minimum atomic E-state index is -0.971. The van der Waals surface area contributed by atoms with E-state index in [-0.39, 0.29) is 6.03 Å². The number of urea groups is 1. The Morgan fingerprint density at radius 1 is 0.842 bits per heavy atom. The molecule has 1 atom stereocenters. The van der Waals surface area contributed by atoms with E-state index < -0.39 is 12.1 Å². The average molecular weight is 519 g/mol. The number of carbonyl (C=O) groups is 2. The van der Waals surface area contributed by atoms with Gasteiger partial charge in [-0.2, -0.15) is 0 Å². The molecule has 0 fully saturated rings. The molecule has 7 heteroatoms. The molecule has 7 nitrogen and oxygen atoms in total. The molecule has 1 unspecified atom stereocenters. The van der Waals surface area contributed by atoms with Gasteiger partial charge in [0.1, 0.15) is 12.4 Å². The van der Waals surface area contributed by atoms with E-state index >= 15 is 0 Å². The van der Waals surface area contributed by atoms with Crippen molar-refractivity contribution >= 4 is 12.0 Å². The summed E-state index contributed by atoms with van der Waals surface area (Å²) in [6.07, 6.45) is 1.96. The van der Waals surface area contributed by atoms with Crippen LogP contribution >= 0.6 is 0 Å². The highest BCUT2D eigenvalue weighted by Crippen LogP contribution is 2.15. The molecule has 0 heterocycles. The third-order valence-corrected chi connectivity index (χ3v) is 6.17. The number of carboxylic acid groups (broad SMARTS) is 1. The molecule has 3 rings (SSSR count). The Bertz CT molecular complexity index is 1090. The normalized spacial score (nSPS) is 11.5. The number of nitrogens with one attached hydrogen (secondary N) is 1. The van der Waals surface area contributed by atoms with Crippen LogP contribution in [0.3, 0.4) is 0 Å². The van der Waals surface area contributed by atoms with Crippen LogP contribution < -0.4 is 10.1 Å². The SMILES string of the molecule is CCOC(Cc1ccc(OCCN(CCCc2ccccc2)C(=O)NCCc2ccccc2)cc1)C(=O)O. The number of ether oxygens (including phenoxy) is 2. The molecule has 3 aromatic rings. The molecule has 202 valence electrons. The van der Waals surface area contributed by atoms with Gasteiger partial charge in [-0.1, -0.05) is 72.8 Å². The van der Waals surface area contributed by atoms with Crippen LogP contribution in [0.25, 0.3) is 0 Å². The predicted octanol–water partition coefficient (Wildman–Crippen LogP) is 4.98. The van der Waals surface area contributed by atoms with Gasteiger partial charge in [-0.15, -0.1) is 0 Å². The van der Waals surface area contributed by atoms with Crippen molar-refractivity contribution in [2.75, 3.05) is 32.8 Å². The zero-order valence-electron chi connectivity index (χ0n) is 22.1. The molecule has 38 heavy (non-hydrogen) atoms. The molecule has 0 spiro atoms. The largest absolute Gasteiger partial charge is 0.492 e. The molecule has 3 aromatic carbocycles. The summed E-state index contributed by atoms with van der Waals surface area (Å²) in [5.41, 5.74) is 3.30. The van der Waals surface area contributed by atoms with Crippen molar-refractivity contribution in [3.63, 3.8) is 0 Å². The number of nitrogens with zero attached hydrogens (tertiary/aromatic N) is 1. The minimum absolute atomic E-state index is 0.0939. The molecule has 0 aromatic heterocycles. The summed E-state index contributed by atoms with van der Waals surface area (Å²) < 4.78 is 11.2. The first kappa shape index (κ1) is 28.7. The Balaban J connectivity index is 1.50. The fourth-order valence-electron chi connectivity index (χ4n) is 4.13. The second kappa shape index (κ2) is 16.1. The number of rotatable bonds is 16. The fourth-order valence-corrected chi connectivity index (χ4v) is 4.13. The molecule has 2 N–H and O–H groups in total. The summed E-state index contributed by atoms with van der Waals surface area (Å²) >= 11 is 0. The number of hydrogen-bond acceptors (Lipinski definition) is 4. The standard InChI is InChI=1S/C31H38N2O5/c1-2-37-29(30(34)35)24-27-15-17-28(18-16-27)38-23-22-33(21-9-14-25-10-5-3-6-11-25)31(36)32-20-19-26-12-7-4-8-13-26/h3-8,10-13,15-18,29H,2,9,14,19-24H2,1H3,(H,32,36)(H,34,35). The molecule has 0 bridgehead atoms. The van der Waals surface area contributed by atoms with Gasteiger partial charge < -0.3 is 24.8 Å². The second-order valence-corrected chi connectivity index (χ2v) is 9.02. The lowest BCUT2D eigenvalue weighted by atomic mass is 10.1. The summed E-state index contributed by atoms with van der Waals surface area (Å²) in [7, 11) is 0. The smallest absolute Gasteiger partial charge is 0.333 e. The summed E-state index contributed by atoms with van der Waals surface area (Å²) in [4.78, 5) is 26.1.